The third-order valence-corrected chi connectivity index (χ3v) is 2.58. The van der Waals surface area contributed by atoms with Crippen molar-refractivity contribution in [1.82, 2.24) is 0 Å². The fraction of sp³-hybridized carbons (Fsp3) is 0.600. The molecule has 0 aromatic heterocycles. The Morgan fingerprint density at radius 3 is 2.31 bits per heavy atom. The van der Waals surface area contributed by atoms with Gasteiger partial charge < -0.3 is 4.74 Å². The van der Waals surface area contributed by atoms with Gasteiger partial charge in [0.2, 0.25) is 0 Å². The largest absolute Gasteiger partial charge is 0.494 e. The normalized spacial score (nSPS) is 10.8. The Bertz CT molecular complexity index is 274. The van der Waals surface area contributed by atoms with Crippen molar-refractivity contribution in [2.24, 2.45) is 5.92 Å². The van der Waals surface area contributed by atoms with E-state index in [4.69, 9.17) is 4.74 Å². The number of ether oxygens (including phenoxy) is 1. The zero-order valence-corrected chi connectivity index (χ0v) is 10.8. The van der Waals surface area contributed by atoms with E-state index in [1.54, 1.807) is 0 Å². The van der Waals surface area contributed by atoms with Crippen molar-refractivity contribution in [3.05, 3.63) is 29.8 Å². The van der Waals surface area contributed by atoms with Gasteiger partial charge in [-0.3, -0.25) is 0 Å². The molecule has 16 heavy (non-hydrogen) atoms. The van der Waals surface area contributed by atoms with Crippen molar-refractivity contribution in [2.75, 3.05) is 6.61 Å². The summed E-state index contributed by atoms with van der Waals surface area (Å²) in [6.07, 6.45) is 4.81. The van der Waals surface area contributed by atoms with Crippen LogP contribution in [0.3, 0.4) is 0 Å². The fourth-order valence-electron chi connectivity index (χ4n) is 1.74. The van der Waals surface area contributed by atoms with Gasteiger partial charge in [0, 0.05) is 0 Å². The Morgan fingerprint density at radius 1 is 1.06 bits per heavy atom. The van der Waals surface area contributed by atoms with E-state index in [0.717, 1.165) is 31.1 Å². The van der Waals surface area contributed by atoms with Crippen LogP contribution in [0.15, 0.2) is 24.3 Å². The summed E-state index contributed by atoms with van der Waals surface area (Å²) in [5.41, 5.74) is 1.40. The van der Waals surface area contributed by atoms with Crippen molar-refractivity contribution >= 4 is 0 Å². The van der Waals surface area contributed by atoms with E-state index in [0.29, 0.717) is 0 Å². The highest BCUT2D eigenvalue weighted by atomic mass is 16.5. The third-order valence-electron chi connectivity index (χ3n) is 2.58. The lowest BCUT2D eigenvalue weighted by atomic mass is 10.0. The summed E-state index contributed by atoms with van der Waals surface area (Å²) >= 11 is 0. The molecule has 1 aromatic carbocycles. The predicted molar refractivity (Wildman–Crippen MR) is 70.0 cm³/mol. The molecule has 0 aliphatic carbocycles. The summed E-state index contributed by atoms with van der Waals surface area (Å²) < 4.78 is 5.67. The van der Waals surface area contributed by atoms with Gasteiger partial charge in [0.25, 0.3) is 0 Å². The van der Waals surface area contributed by atoms with Gasteiger partial charge in [-0.05, 0) is 36.5 Å². The van der Waals surface area contributed by atoms with Gasteiger partial charge in [0.15, 0.2) is 0 Å². The van der Waals surface area contributed by atoms with Crippen LogP contribution in [0, 0.1) is 5.92 Å². The lowest BCUT2D eigenvalue weighted by Crippen LogP contribution is -1.98. The second-order valence-corrected chi connectivity index (χ2v) is 4.80. The molecule has 0 spiro atoms. The molecule has 0 unspecified atom stereocenters. The van der Waals surface area contributed by atoms with Gasteiger partial charge >= 0.3 is 0 Å². The van der Waals surface area contributed by atoms with E-state index < -0.39 is 0 Å². The predicted octanol–water partition coefficient (Wildman–Crippen LogP) is 4.45. The van der Waals surface area contributed by atoms with Crippen molar-refractivity contribution in [3.63, 3.8) is 0 Å². The van der Waals surface area contributed by atoms with Crippen molar-refractivity contribution in [1.29, 1.82) is 0 Å². The first-order valence-electron chi connectivity index (χ1n) is 6.44. The minimum atomic E-state index is 0.719. The highest BCUT2D eigenvalue weighted by molar-refractivity contribution is 5.27. The molecule has 90 valence electrons. The van der Waals surface area contributed by atoms with E-state index in [2.05, 4.69) is 45.0 Å². The van der Waals surface area contributed by atoms with Crippen LogP contribution in [0.5, 0.6) is 5.75 Å². The smallest absolute Gasteiger partial charge is 0.119 e. The molecular weight excluding hydrogens is 196 g/mol. The van der Waals surface area contributed by atoms with E-state index >= 15 is 0 Å². The van der Waals surface area contributed by atoms with Crippen LogP contribution in [0.1, 0.15) is 45.6 Å². The Labute approximate surface area is 99.8 Å². The van der Waals surface area contributed by atoms with Gasteiger partial charge in [0.1, 0.15) is 5.75 Å². The molecule has 0 N–H and O–H groups in total. The highest BCUT2D eigenvalue weighted by Gasteiger charge is 1.98. The molecule has 1 rings (SSSR count). The Morgan fingerprint density at radius 2 is 1.75 bits per heavy atom. The molecule has 0 heterocycles. The first-order chi connectivity index (χ1) is 7.72. The van der Waals surface area contributed by atoms with Gasteiger partial charge in [-0.25, -0.2) is 0 Å². The maximum atomic E-state index is 5.67. The van der Waals surface area contributed by atoms with Gasteiger partial charge in [-0.15, -0.1) is 0 Å². The molecule has 0 fully saturated rings. The Hall–Kier alpha value is -0.980. The Balaban J connectivity index is 2.33. The summed E-state index contributed by atoms with van der Waals surface area (Å²) in [7, 11) is 0. The van der Waals surface area contributed by atoms with Crippen LogP contribution < -0.4 is 4.74 Å². The average molecular weight is 220 g/mol. The van der Waals surface area contributed by atoms with Crippen LogP contribution in [-0.2, 0) is 6.42 Å². The third kappa shape index (κ3) is 5.20. The zero-order chi connectivity index (χ0) is 11.8. The topological polar surface area (TPSA) is 9.23 Å². The molecule has 0 saturated carbocycles. The van der Waals surface area contributed by atoms with Crippen LogP contribution in [-0.4, -0.2) is 6.61 Å². The van der Waals surface area contributed by atoms with Crippen LogP contribution in [0.25, 0.3) is 0 Å². The first-order valence-corrected chi connectivity index (χ1v) is 6.44. The Kier molecular flexibility index (Phi) is 5.99. The maximum Gasteiger partial charge on any atom is 0.119 e. The molecule has 1 heteroatoms. The van der Waals surface area contributed by atoms with Gasteiger partial charge in [0.05, 0.1) is 6.61 Å². The molecule has 0 atom stereocenters. The van der Waals surface area contributed by atoms with E-state index in [1.807, 2.05) is 0 Å². The van der Waals surface area contributed by atoms with E-state index in [9.17, 15) is 0 Å². The zero-order valence-electron chi connectivity index (χ0n) is 10.8. The fourth-order valence-corrected chi connectivity index (χ4v) is 1.74. The molecule has 0 bridgehead atoms. The van der Waals surface area contributed by atoms with Crippen molar-refractivity contribution in [2.45, 2.75) is 46.5 Å². The SMILES string of the molecule is CCCCCOc1ccc(CC(C)C)cc1. The summed E-state index contributed by atoms with van der Waals surface area (Å²) in [6.45, 7) is 7.54. The number of hydrogen-bond acceptors (Lipinski definition) is 1. The molecule has 0 aliphatic rings. The maximum absolute atomic E-state index is 5.67. The van der Waals surface area contributed by atoms with E-state index in [-0.39, 0.29) is 0 Å². The quantitative estimate of drug-likeness (QED) is 0.617. The minimum Gasteiger partial charge on any atom is -0.494 e. The van der Waals surface area contributed by atoms with Crippen molar-refractivity contribution < 1.29 is 4.74 Å². The number of hydrogen-bond donors (Lipinski definition) is 0. The van der Waals surface area contributed by atoms with Crippen LogP contribution >= 0.6 is 0 Å². The highest BCUT2D eigenvalue weighted by Crippen LogP contribution is 2.15. The second kappa shape index (κ2) is 7.32. The standard InChI is InChI=1S/C15H24O/c1-4-5-6-11-16-15-9-7-14(8-10-15)12-13(2)3/h7-10,13H,4-6,11-12H2,1-3H3. The molecule has 0 aliphatic heterocycles. The summed E-state index contributed by atoms with van der Waals surface area (Å²) in [5.74, 6) is 1.72. The monoisotopic (exact) mass is 220 g/mol. The summed E-state index contributed by atoms with van der Waals surface area (Å²) in [6, 6.07) is 8.53. The molecular formula is C15H24O. The molecule has 0 saturated heterocycles. The number of unbranched alkanes of at least 4 members (excludes halogenated alkanes) is 2. The summed E-state index contributed by atoms with van der Waals surface area (Å²) in [4.78, 5) is 0. The number of rotatable bonds is 7. The molecule has 0 radical (unpaired) electrons. The van der Waals surface area contributed by atoms with Crippen LogP contribution in [0.2, 0.25) is 0 Å². The minimum absolute atomic E-state index is 0.719. The van der Waals surface area contributed by atoms with E-state index in [1.165, 1.54) is 18.4 Å². The summed E-state index contributed by atoms with van der Waals surface area (Å²) in [5, 5.41) is 0. The van der Waals surface area contributed by atoms with Crippen molar-refractivity contribution in [3.8, 4) is 5.75 Å². The average Bonchev–Trinajstić information content (AvgIpc) is 2.26. The lowest BCUT2D eigenvalue weighted by molar-refractivity contribution is 0.306. The number of benzene rings is 1. The van der Waals surface area contributed by atoms with Gasteiger partial charge in [-0.2, -0.15) is 0 Å². The van der Waals surface area contributed by atoms with Gasteiger partial charge in [-0.1, -0.05) is 45.7 Å². The first kappa shape index (κ1) is 13.1. The molecule has 1 aromatic rings. The second-order valence-electron chi connectivity index (χ2n) is 4.80. The lowest BCUT2D eigenvalue weighted by Gasteiger charge is -2.08. The molecule has 1 nitrogen and oxygen atoms in total. The van der Waals surface area contributed by atoms with Crippen LogP contribution in [0.4, 0.5) is 0 Å². The molecule has 0 amide bonds.